The van der Waals surface area contributed by atoms with Gasteiger partial charge in [-0.15, -0.1) is 0 Å². The van der Waals surface area contributed by atoms with Crippen molar-refractivity contribution < 1.29 is 19.4 Å². The Morgan fingerprint density at radius 3 is 2.42 bits per heavy atom. The molecule has 0 unspecified atom stereocenters. The van der Waals surface area contributed by atoms with E-state index in [1.807, 2.05) is 13.0 Å². The van der Waals surface area contributed by atoms with Crippen LogP contribution in [0.25, 0.3) is 0 Å². The maximum atomic E-state index is 8.64. The van der Waals surface area contributed by atoms with Gasteiger partial charge in [0, 0.05) is 5.56 Å². The Bertz CT molecular complexity index is 741. The number of nitrogens with zero attached hydrogens (tertiary/aromatic N) is 1. The van der Waals surface area contributed by atoms with Gasteiger partial charge in [0.25, 0.3) is 0 Å². The van der Waals surface area contributed by atoms with Crippen LogP contribution in [0.3, 0.4) is 0 Å². The Morgan fingerprint density at radius 1 is 1.00 bits per heavy atom. The molecular weight excluding hydrogens is 330 g/mol. The summed E-state index contributed by atoms with van der Waals surface area (Å²) in [5.74, 6) is 2.59. The Labute approximate surface area is 155 Å². The Kier molecular flexibility index (Phi) is 7.33. The first-order valence-electron chi connectivity index (χ1n) is 8.85. The molecule has 0 saturated carbocycles. The molecule has 26 heavy (non-hydrogen) atoms. The largest absolute Gasteiger partial charge is 0.490 e. The molecule has 0 radical (unpaired) electrons. The number of ether oxygens (including phenoxy) is 3. The fourth-order valence-corrected chi connectivity index (χ4v) is 2.76. The highest BCUT2D eigenvalue weighted by atomic mass is 16.5. The predicted molar refractivity (Wildman–Crippen MR) is 103 cm³/mol. The van der Waals surface area contributed by atoms with Crippen molar-refractivity contribution in [2.24, 2.45) is 5.16 Å². The molecule has 0 heterocycles. The van der Waals surface area contributed by atoms with Gasteiger partial charge in [-0.1, -0.05) is 25.1 Å². The summed E-state index contributed by atoms with van der Waals surface area (Å²) < 4.78 is 17.1. The quantitative estimate of drug-likeness (QED) is 0.304. The van der Waals surface area contributed by atoms with Crippen LogP contribution in [0, 0.1) is 6.92 Å². The molecule has 0 aliphatic rings. The van der Waals surface area contributed by atoms with Crippen molar-refractivity contribution in [3.05, 3.63) is 53.1 Å². The summed E-state index contributed by atoms with van der Waals surface area (Å²) in [4.78, 5) is 0. The zero-order chi connectivity index (χ0) is 18.9. The van der Waals surface area contributed by atoms with Crippen molar-refractivity contribution in [1.82, 2.24) is 0 Å². The third-order valence-electron chi connectivity index (χ3n) is 3.95. The Morgan fingerprint density at radius 2 is 1.77 bits per heavy atom. The topological polar surface area (TPSA) is 60.3 Å². The molecular formula is C21H27NO4. The number of hydrogen-bond acceptors (Lipinski definition) is 5. The van der Waals surface area contributed by atoms with E-state index in [9.17, 15) is 0 Å². The van der Waals surface area contributed by atoms with Crippen molar-refractivity contribution >= 4 is 6.21 Å². The average molecular weight is 357 g/mol. The van der Waals surface area contributed by atoms with E-state index in [0.717, 1.165) is 11.3 Å². The van der Waals surface area contributed by atoms with Crippen LogP contribution in [-0.4, -0.2) is 31.2 Å². The van der Waals surface area contributed by atoms with Gasteiger partial charge >= 0.3 is 0 Å². The summed E-state index contributed by atoms with van der Waals surface area (Å²) >= 11 is 0. The molecule has 0 amide bonds. The lowest BCUT2D eigenvalue weighted by molar-refractivity contribution is 0.208. The first-order valence-corrected chi connectivity index (χ1v) is 8.85. The summed E-state index contributed by atoms with van der Waals surface area (Å²) in [6.07, 6.45) is 1.35. The number of rotatable bonds is 9. The van der Waals surface area contributed by atoms with Crippen LogP contribution in [0.1, 0.15) is 43.4 Å². The molecule has 0 aliphatic carbocycles. The van der Waals surface area contributed by atoms with E-state index < -0.39 is 0 Å². The van der Waals surface area contributed by atoms with Gasteiger partial charge in [-0.25, -0.2) is 0 Å². The normalized spacial score (nSPS) is 11.1. The number of aryl methyl sites for hydroxylation is 1. The highest BCUT2D eigenvalue weighted by Gasteiger charge is 2.07. The van der Waals surface area contributed by atoms with Crippen molar-refractivity contribution in [2.75, 3.05) is 19.8 Å². The van der Waals surface area contributed by atoms with Gasteiger partial charge in [-0.2, -0.15) is 0 Å². The van der Waals surface area contributed by atoms with Gasteiger partial charge in [-0.3, -0.25) is 0 Å². The van der Waals surface area contributed by atoms with E-state index in [1.165, 1.54) is 17.3 Å². The number of benzene rings is 2. The fraction of sp³-hybridized carbons (Fsp3) is 0.381. The molecule has 0 aliphatic heterocycles. The summed E-state index contributed by atoms with van der Waals surface area (Å²) in [6, 6.07) is 11.5. The highest BCUT2D eigenvalue weighted by molar-refractivity contribution is 5.80. The molecule has 5 nitrogen and oxygen atoms in total. The molecule has 0 aromatic heterocycles. The van der Waals surface area contributed by atoms with Crippen molar-refractivity contribution in [2.45, 2.75) is 33.6 Å². The lowest BCUT2D eigenvalue weighted by Gasteiger charge is -2.14. The van der Waals surface area contributed by atoms with E-state index >= 15 is 0 Å². The van der Waals surface area contributed by atoms with Gasteiger partial charge in [0.2, 0.25) is 0 Å². The minimum Gasteiger partial charge on any atom is -0.490 e. The molecule has 140 valence electrons. The third-order valence-corrected chi connectivity index (χ3v) is 3.95. The van der Waals surface area contributed by atoms with Gasteiger partial charge in [0.1, 0.15) is 19.0 Å². The zero-order valence-electron chi connectivity index (χ0n) is 15.9. The minimum absolute atomic E-state index is 0.401. The molecule has 2 aromatic rings. The van der Waals surface area contributed by atoms with E-state index in [2.05, 4.69) is 38.1 Å². The minimum atomic E-state index is 0.401. The maximum absolute atomic E-state index is 8.64. The summed E-state index contributed by atoms with van der Waals surface area (Å²) in [6.45, 7) is 9.74. The highest BCUT2D eigenvalue weighted by Crippen LogP contribution is 2.28. The van der Waals surface area contributed by atoms with Crippen LogP contribution >= 0.6 is 0 Å². The number of oxime groups is 1. The van der Waals surface area contributed by atoms with Gasteiger partial charge in [-0.05, 0) is 61.2 Å². The van der Waals surface area contributed by atoms with Crippen LogP contribution in [0.5, 0.6) is 17.2 Å². The monoisotopic (exact) mass is 357 g/mol. The van der Waals surface area contributed by atoms with Crippen molar-refractivity contribution in [3.63, 3.8) is 0 Å². The average Bonchev–Trinajstić information content (AvgIpc) is 2.60. The molecule has 0 atom stereocenters. The van der Waals surface area contributed by atoms with Crippen LogP contribution in [-0.2, 0) is 0 Å². The standard InChI is InChI=1S/C21H27NO4/c1-5-24-21-13-17(14-22-23)6-9-20(21)26-11-10-25-18-7-8-19(15(2)3)16(4)12-18/h6-9,12-15,23H,5,10-11H2,1-4H3. The SMILES string of the molecule is CCOc1cc(C=NO)ccc1OCCOc1ccc(C(C)C)c(C)c1. The van der Waals surface area contributed by atoms with Crippen molar-refractivity contribution in [3.8, 4) is 17.2 Å². The molecule has 2 aromatic carbocycles. The second-order valence-electron chi connectivity index (χ2n) is 6.25. The molecule has 0 spiro atoms. The van der Waals surface area contributed by atoms with E-state index in [-0.39, 0.29) is 0 Å². The first kappa shape index (κ1) is 19.6. The fourth-order valence-electron chi connectivity index (χ4n) is 2.76. The Balaban J connectivity index is 1.92. The van der Waals surface area contributed by atoms with Crippen LogP contribution < -0.4 is 14.2 Å². The summed E-state index contributed by atoms with van der Waals surface area (Å²) in [5.41, 5.74) is 3.31. The molecule has 2 rings (SSSR count). The van der Waals surface area contributed by atoms with Crippen LogP contribution in [0.4, 0.5) is 0 Å². The molecule has 0 fully saturated rings. The smallest absolute Gasteiger partial charge is 0.161 e. The first-order chi connectivity index (χ1) is 12.5. The summed E-state index contributed by atoms with van der Waals surface area (Å²) in [7, 11) is 0. The van der Waals surface area contributed by atoms with Crippen LogP contribution in [0.15, 0.2) is 41.6 Å². The van der Waals surface area contributed by atoms with E-state index in [1.54, 1.807) is 18.2 Å². The van der Waals surface area contributed by atoms with E-state index in [4.69, 9.17) is 19.4 Å². The predicted octanol–water partition coefficient (Wildman–Crippen LogP) is 4.78. The lowest BCUT2D eigenvalue weighted by atomic mass is 9.98. The number of hydrogen-bond donors (Lipinski definition) is 1. The van der Waals surface area contributed by atoms with E-state index in [0.29, 0.717) is 37.2 Å². The summed E-state index contributed by atoms with van der Waals surface area (Å²) in [5, 5.41) is 11.7. The molecule has 0 bridgehead atoms. The Hall–Kier alpha value is -2.69. The van der Waals surface area contributed by atoms with Gasteiger partial charge < -0.3 is 19.4 Å². The second kappa shape index (κ2) is 9.70. The maximum Gasteiger partial charge on any atom is 0.161 e. The molecule has 5 heteroatoms. The molecule has 0 saturated heterocycles. The second-order valence-corrected chi connectivity index (χ2v) is 6.25. The lowest BCUT2D eigenvalue weighted by Crippen LogP contribution is -2.10. The van der Waals surface area contributed by atoms with Crippen molar-refractivity contribution in [1.29, 1.82) is 0 Å². The van der Waals surface area contributed by atoms with Gasteiger partial charge in [0.05, 0.1) is 12.8 Å². The van der Waals surface area contributed by atoms with Gasteiger partial charge in [0.15, 0.2) is 11.5 Å². The molecule has 1 N–H and O–H groups in total. The van der Waals surface area contributed by atoms with Crippen LogP contribution in [0.2, 0.25) is 0 Å². The zero-order valence-corrected chi connectivity index (χ0v) is 15.9. The third kappa shape index (κ3) is 5.41.